The Morgan fingerprint density at radius 1 is 1.24 bits per heavy atom. The third-order valence-electron chi connectivity index (χ3n) is 5.12. The molecule has 1 fully saturated rings. The van der Waals surface area contributed by atoms with Crippen LogP contribution in [0.5, 0.6) is 11.5 Å². The van der Waals surface area contributed by atoms with E-state index < -0.39 is 33.9 Å². The van der Waals surface area contributed by atoms with Crippen molar-refractivity contribution in [1.82, 2.24) is 4.90 Å². The number of amides is 1. The molecule has 0 unspecified atom stereocenters. The number of aromatic hydroxyl groups is 2. The first-order chi connectivity index (χ1) is 13.6. The van der Waals surface area contributed by atoms with E-state index in [4.69, 9.17) is 4.74 Å². The van der Waals surface area contributed by atoms with Gasteiger partial charge < -0.3 is 19.8 Å². The molecule has 0 bridgehead atoms. The van der Waals surface area contributed by atoms with Crippen LogP contribution in [-0.4, -0.2) is 65.6 Å². The Balaban J connectivity index is 1.79. The van der Waals surface area contributed by atoms with Crippen molar-refractivity contribution in [3.63, 3.8) is 0 Å². The van der Waals surface area contributed by atoms with Gasteiger partial charge in [0.1, 0.15) is 17.1 Å². The number of fused-ring (bicyclic) bond motifs is 1. The Morgan fingerprint density at radius 2 is 1.90 bits per heavy atom. The van der Waals surface area contributed by atoms with Crippen LogP contribution < -0.4 is 0 Å². The van der Waals surface area contributed by atoms with Gasteiger partial charge in [-0.25, -0.2) is 13.2 Å². The predicted molar refractivity (Wildman–Crippen MR) is 107 cm³/mol. The van der Waals surface area contributed by atoms with Gasteiger partial charge in [0.05, 0.1) is 11.5 Å². The van der Waals surface area contributed by atoms with Crippen LogP contribution in [0.2, 0.25) is 0 Å². The lowest BCUT2D eigenvalue weighted by Gasteiger charge is -2.29. The van der Waals surface area contributed by atoms with Crippen molar-refractivity contribution < 1.29 is 33.0 Å². The van der Waals surface area contributed by atoms with E-state index in [1.807, 2.05) is 0 Å². The van der Waals surface area contributed by atoms with E-state index in [1.54, 1.807) is 31.2 Å². The van der Waals surface area contributed by atoms with E-state index in [9.17, 15) is 28.2 Å². The molecule has 2 aromatic carbocycles. The maximum absolute atomic E-state index is 12.7. The molecule has 2 aromatic rings. The minimum atomic E-state index is -3.17. The van der Waals surface area contributed by atoms with Crippen molar-refractivity contribution in [3.05, 3.63) is 35.9 Å². The highest BCUT2D eigenvalue weighted by Crippen LogP contribution is 2.35. The molecule has 1 aliphatic heterocycles. The fraction of sp³-hybridized carbons (Fsp3) is 0.400. The van der Waals surface area contributed by atoms with Crippen LogP contribution in [0.15, 0.2) is 30.3 Å². The highest BCUT2D eigenvalue weighted by molar-refractivity contribution is 7.91. The third-order valence-corrected chi connectivity index (χ3v) is 6.87. The molecule has 29 heavy (non-hydrogen) atoms. The Labute approximate surface area is 168 Å². The van der Waals surface area contributed by atoms with Crippen molar-refractivity contribution in [2.24, 2.45) is 0 Å². The average Bonchev–Trinajstić information content (AvgIpc) is 3.04. The zero-order valence-corrected chi connectivity index (χ0v) is 17.0. The number of phenols is 2. The van der Waals surface area contributed by atoms with E-state index in [0.29, 0.717) is 11.8 Å². The van der Waals surface area contributed by atoms with E-state index in [0.717, 1.165) is 6.07 Å². The standard InChI is InChI=1S/C20H23NO7S/c1-3-21(13-8-9-29(26,27)11-13)19(24)12(2)28-20(25)16-10-17(22)14-6-4-5-7-15(14)18(16)23/h4-7,10,12-13,22-23H,3,8-9,11H2,1-2H3/t12-,13-/m1/s1. The van der Waals surface area contributed by atoms with E-state index in [1.165, 1.54) is 11.8 Å². The molecule has 156 valence electrons. The van der Waals surface area contributed by atoms with E-state index in [2.05, 4.69) is 0 Å². The van der Waals surface area contributed by atoms with Crippen molar-refractivity contribution in [1.29, 1.82) is 0 Å². The van der Waals surface area contributed by atoms with Crippen LogP contribution in [0.3, 0.4) is 0 Å². The summed E-state index contributed by atoms with van der Waals surface area (Å²) in [6.07, 6.45) is -0.833. The van der Waals surface area contributed by atoms with Crippen molar-refractivity contribution >= 4 is 32.5 Å². The zero-order valence-electron chi connectivity index (χ0n) is 16.2. The van der Waals surface area contributed by atoms with E-state index in [-0.39, 0.29) is 40.5 Å². The number of sulfone groups is 1. The minimum absolute atomic E-state index is 0.0276. The molecule has 8 nitrogen and oxygen atoms in total. The molecule has 1 heterocycles. The molecule has 2 atom stereocenters. The molecule has 1 saturated heterocycles. The second kappa shape index (κ2) is 7.90. The Bertz CT molecular complexity index is 1060. The summed E-state index contributed by atoms with van der Waals surface area (Å²) in [5, 5.41) is 21.2. The van der Waals surface area contributed by atoms with Gasteiger partial charge in [0.15, 0.2) is 15.9 Å². The minimum Gasteiger partial charge on any atom is -0.507 e. The fourth-order valence-electron chi connectivity index (χ4n) is 3.62. The molecule has 2 N–H and O–H groups in total. The Hall–Kier alpha value is -2.81. The number of likely N-dealkylation sites (N-methyl/N-ethyl adjacent to an activating group) is 1. The normalized spacial score (nSPS) is 19.0. The number of ether oxygens (including phenoxy) is 1. The van der Waals surface area contributed by atoms with Gasteiger partial charge in [-0.3, -0.25) is 4.79 Å². The summed E-state index contributed by atoms with van der Waals surface area (Å²) >= 11 is 0. The molecule has 0 aromatic heterocycles. The maximum Gasteiger partial charge on any atom is 0.342 e. The van der Waals surface area contributed by atoms with Gasteiger partial charge in [-0.2, -0.15) is 0 Å². The van der Waals surface area contributed by atoms with Crippen molar-refractivity contribution in [2.45, 2.75) is 32.4 Å². The highest BCUT2D eigenvalue weighted by atomic mass is 32.2. The highest BCUT2D eigenvalue weighted by Gasteiger charge is 2.36. The summed E-state index contributed by atoms with van der Waals surface area (Å²) in [5.74, 6) is -2.09. The molecule has 3 rings (SSSR count). The second-order valence-corrected chi connectivity index (χ2v) is 9.29. The van der Waals surface area contributed by atoms with Crippen molar-refractivity contribution in [3.8, 4) is 11.5 Å². The lowest BCUT2D eigenvalue weighted by Crippen LogP contribution is -2.46. The number of hydrogen-bond acceptors (Lipinski definition) is 7. The summed E-state index contributed by atoms with van der Waals surface area (Å²) in [4.78, 5) is 26.7. The molecule has 0 saturated carbocycles. The Kier molecular flexibility index (Phi) is 5.70. The molecular formula is C20H23NO7S. The summed E-state index contributed by atoms with van der Waals surface area (Å²) in [6, 6.07) is 7.13. The van der Waals surface area contributed by atoms with Crippen molar-refractivity contribution in [2.75, 3.05) is 18.1 Å². The average molecular weight is 421 g/mol. The maximum atomic E-state index is 12.7. The van der Waals surface area contributed by atoms with Crippen LogP contribution in [0, 0.1) is 0 Å². The third kappa shape index (κ3) is 4.14. The first-order valence-corrected chi connectivity index (χ1v) is 11.1. The molecule has 9 heteroatoms. The molecule has 1 aliphatic rings. The number of phenolic OH excluding ortho intramolecular Hbond substituents is 2. The van der Waals surface area contributed by atoms with Gasteiger partial charge in [0, 0.05) is 23.4 Å². The second-order valence-electron chi connectivity index (χ2n) is 7.07. The molecule has 1 amide bonds. The lowest BCUT2D eigenvalue weighted by molar-refractivity contribution is -0.141. The van der Waals surface area contributed by atoms with Gasteiger partial charge in [-0.05, 0) is 26.3 Å². The number of esters is 1. The van der Waals surface area contributed by atoms with Crippen LogP contribution in [0.25, 0.3) is 10.8 Å². The van der Waals surface area contributed by atoms with Gasteiger partial charge in [0.2, 0.25) is 0 Å². The molecular weight excluding hydrogens is 398 g/mol. The fourth-order valence-corrected chi connectivity index (χ4v) is 5.35. The van der Waals surface area contributed by atoms with Gasteiger partial charge >= 0.3 is 5.97 Å². The van der Waals surface area contributed by atoms with Crippen LogP contribution >= 0.6 is 0 Å². The predicted octanol–water partition coefficient (Wildman–Crippen LogP) is 1.83. The molecule has 0 spiro atoms. The lowest BCUT2D eigenvalue weighted by atomic mass is 10.0. The number of nitrogens with zero attached hydrogens (tertiary/aromatic N) is 1. The SMILES string of the molecule is CCN(C(=O)[C@@H](C)OC(=O)c1cc(O)c2ccccc2c1O)[C@@H]1CCS(=O)(=O)C1. The van der Waals surface area contributed by atoms with Crippen LogP contribution in [0.1, 0.15) is 30.6 Å². The smallest absolute Gasteiger partial charge is 0.342 e. The Morgan fingerprint density at radius 3 is 2.48 bits per heavy atom. The summed E-state index contributed by atoms with van der Waals surface area (Å²) in [5.41, 5.74) is -0.257. The quantitative estimate of drug-likeness (QED) is 0.558. The van der Waals surface area contributed by atoms with Gasteiger partial charge in [-0.1, -0.05) is 24.3 Å². The first kappa shape index (κ1) is 20.9. The van der Waals surface area contributed by atoms with Crippen LogP contribution in [-0.2, 0) is 19.4 Å². The summed E-state index contributed by atoms with van der Waals surface area (Å²) < 4.78 is 28.7. The zero-order chi connectivity index (χ0) is 21.3. The largest absolute Gasteiger partial charge is 0.507 e. The number of rotatable bonds is 5. The van der Waals surface area contributed by atoms with Crippen LogP contribution in [0.4, 0.5) is 0 Å². The molecule has 0 radical (unpaired) electrons. The summed E-state index contributed by atoms with van der Waals surface area (Å²) in [7, 11) is -3.17. The first-order valence-electron chi connectivity index (χ1n) is 9.30. The number of carbonyl (C=O) groups excluding carboxylic acids is 2. The summed E-state index contributed by atoms with van der Waals surface area (Å²) in [6.45, 7) is 3.40. The number of carbonyl (C=O) groups is 2. The van der Waals surface area contributed by atoms with Gasteiger partial charge in [-0.15, -0.1) is 0 Å². The number of hydrogen-bond donors (Lipinski definition) is 2. The van der Waals surface area contributed by atoms with E-state index >= 15 is 0 Å². The van der Waals surface area contributed by atoms with Gasteiger partial charge in [0.25, 0.3) is 5.91 Å². The monoisotopic (exact) mass is 421 g/mol. The molecule has 0 aliphatic carbocycles. The topological polar surface area (TPSA) is 121 Å². The number of benzene rings is 2.